The molecule has 1 aliphatic heterocycles. The fraction of sp³-hybridized carbons (Fsp3) is 0.294. The van der Waals surface area contributed by atoms with Crippen LogP contribution < -0.4 is 10.1 Å². The molecule has 1 aliphatic rings. The van der Waals surface area contributed by atoms with Gasteiger partial charge in [0.2, 0.25) is 0 Å². The lowest BCUT2D eigenvalue weighted by molar-refractivity contribution is 0.354. The Bertz CT molecular complexity index is 631. The Hall–Kier alpha value is -1.48. The van der Waals surface area contributed by atoms with Crippen molar-refractivity contribution in [1.82, 2.24) is 0 Å². The Kier molecular flexibility index (Phi) is 3.70. The van der Waals surface area contributed by atoms with E-state index < -0.39 is 0 Å². The highest BCUT2D eigenvalue weighted by Gasteiger charge is 2.17. The molecule has 2 aromatic rings. The number of aryl methyl sites for hydroxylation is 2. The lowest BCUT2D eigenvalue weighted by Gasteiger charge is -2.14. The Morgan fingerprint density at radius 3 is 2.70 bits per heavy atom. The second-order valence-corrected chi connectivity index (χ2v) is 6.19. The van der Waals surface area contributed by atoms with Crippen LogP contribution in [0.1, 0.15) is 22.3 Å². The third-order valence-electron chi connectivity index (χ3n) is 3.76. The summed E-state index contributed by atoms with van der Waals surface area (Å²) in [5, 5.41) is 3.55. The number of hydrogen-bond donors (Lipinski definition) is 1. The molecule has 0 saturated heterocycles. The van der Waals surface area contributed by atoms with Crippen molar-refractivity contribution in [3.05, 3.63) is 57.1 Å². The number of para-hydroxylation sites is 1. The van der Waals surface area contributed by atoms with Gasteiger partial charge in [0.25, 0.3) is 0 Å². The van der Waals surface area contributed by atoms with Gasteiger partial charge in [-0.15, -0.1) is 0 Å². The van der Waals surface area contributed by atoms with Gasteiger partial charge in [-0.25, -0.2) is 0 Å². The number of anilines is 1. The number of fused-ring (bicyclic) bond motifs is 1. The highest BCUT2D eigenvalue weighted by Crippen LogP contribution is 2.33. The van der Waals surface area contributed by atoms with Crippen LogP contribution in [0.3, 0.4) is 0 Å². The summed E-state index contributed by atoms with van der Waals surface area (Å²) in [6.07, 6.45) is 1.01. The van der Waals surface area contributed by atoms with Crippen LogP contribution in [0.5, 0.6) is 5.75 Å². The lowest BCUT2D eigenvalue weighted by atomic mass is 10.1. The van der Waals surface area contributed by atoms with Crippen molar-refractivity contribution in [2.24, 2.45) is 0 Å². The largest absolute Gasteiger partial charge is 0.493 e. The summed E-state index contributed by atoms with van der Waals surface area (Å²) in [7, 11) is 0. The molecule has 2 nitrogen and oxygen atoms in total. The maximum absolute atomic E-state index is 5.77. The maximum atomic E-state index is 5.77. The SMILES string of the molecule is Cc1cccc(C)c1NCc1cc(Br)cc2c1OCC2. The molecule has 0 unspecified atom stereocenters. The molecule has 0 fully saturated rings. The van der Waals surface area contributed by atoms with Crippen molar-refractivity contribution >= 4 is 21.6 Å². The first kappa shape index (κ1) is 13.5. The average molecular weight is 332 g/mol. The van der Waals surface area contributed by atoms with E-state index >= 15 is 0 Å². The standard InChI is InChI=1S/C17H18BrNO/c1-11-4-3-5-12(2)16(11)19-10-14-9-15(18)8-13-6-7-20-17(13)14/h3-5,8-9,19H,6-7,10H2,1-2H3. The van der Waals surface area contributed by atoms with E-state index in [9.17, 15) is 0 Å². The molecular formula is C17H18BrNO. The van der Waals surface area contributed by atoms with Crippen LogP contribution in [-0.2, 0) is 13.0 Å². The lowest BCUT2D eigenvalue weighted by Crippen LogP contribution is -2.04. The quantitative estimate of drug-likeness (QED) is 0.886. The van der Waals surface area contributed by atoms with Crippen LogP contribution in [0, 0.1) is 13.8 Å². The molecule has 0 radical (unpaired) electrons. The zero-order valence-electron chi connectivity index (χ0n) is 11.8. The molecule has 0 saturated carbocycles. The first-order valence-corrected chi connectivity index (χ1v) is 7.68. The second-order valence-electron chi connectivity index (χ2n) is 5.27. The van der Waals surface area contributed by atoms with E-state index in [1.807, 2.05) is 0 Å². The molecule has 104 valence electrons. The molecule has 0 amide bonds. The fourth-order valence-electron chi connectivity index (χ4n) is 2.75. The first-order chi connectivity index (χ1) is 9.65. The van der Waals surface area contributed by atoms with Crippen LogP contribution in [0.2, 0.25) is 0 Å². The van der Waals surface area contributed by atoms with Gasteiger partial charge in [-0.2, -0.15) is 0 Å². The summed E-state index contributed by atoms with van der Waals surface area (Å²) in [4.78, 5) is 0. The highest BCUT2D eigenvalue weighted by molar-refractivity contribution is 9.10. The average Bonchev–Trinajstić information content (AvgIpc) is 2.86. The predicted molar refractivity (Wildman–Crippen MR) is 86.6 cm³/mol. The Morgan fingerprint density at radius 2 is 1.95 bits per heavy atom. The number of hydrogen-bond acceptors (Lipinski definition) is 2. The summed E-state index contributed by atoms with van der Waals surface area (Å²) in [5.74, 6) is 1.06. The van der Waals surface area contributed by atoms with Gasteiger partial charge < -0.3 is 10.1 Å². The van der Waals surface area contributed by atoms with Gasteiger partial charge in [-0.05, 0) is 42.7 Å². The molecule has 20 heavy (non-hydrogen) atoms. The van der Waals surface area contributed by atoms with Gasteiger partial charge in [0.15, 0.2) is 0 Å². The zero-order chi connectivity index (χ0) is 14.1. The molecule has 3 rings (SSSR count). The number of ether oxygens (including phenoxy) is 1. The minimum Gasteiger partial charge on any atom is -0.493 e. The van der Waals surface area contributed by atoms with E-state index in [0.29, 0.717) is 0 Å². The summed E-state index contributed by atoms with van der Waals surface area (Å²) < 4.78 is 6.90. The Balaban J connectivity index is 1.86. The number of rotatable bonds is 3. The van der Waals surface area contributed by atoms with E-state index in [1.165, 1.54) is 27.9 Å². The Labute approximate surface area is 128 Å². The normalized spacial score (nSPS) is 12.9. The van der Waals surface area contributed by atoms with Gasteiger partial charge in [0.05, 0.1) is 6.61 Å². The third-order valence-corrected chi connectivity index (χ3v) is 4.22. The van der Waals surface area contributed by atoms with Gasteiger partial charge in [0, 0.05) is 28.7 Å². The summed E-state index contributed by atoms with van der Waals surface area (Å²) in [6, 6.07) is 10.7. The minimum absolute atomic E-state index is 0.785. The van der Waals surface area contributed by atoms with Crippen molar-refractivity contribution < 1.29 is 4.74 Å². The van der Waals surface area contributed by atoms with Crippen LogP contribution in [0.15, 0.2) is 34.8 Å². The zero-order valence-corrected chi connectivity index (χ0v) is 13.4. The van der Waals surface area contributed by atoms with Crippen LogP contribution in [0.25, 0.3) is 0 Å². The number of halogens is 1. The van der Waals surface area contributed by atoms with E-state index in [4.69, 9.17) is 4.74 Å². The molecule has 0 atom stereocenters. The van der Waals surface area contributed by atoms with Gasteiger partial charge in [-0.1, -0.05) is 34.1 Å². The third kappa shape index (κ3) is 2.55. The van der Waals surface area contributed by atoms with Crippen molar-refractivity contribution in [3.8, 4) is 5.75 Å². The predicted octanol–water partition coefficient (Wildman–Crippen LogP) is 4.61. The van der Waals surface area contributed by atoms with E-state index in [2.05, 4.69) is 65.4 Å². The van der Waals surface area contributed by atoms with Crippen LogP contribution >= 0.6 is 15.9 Å². The highest BCUT2D eigenvalue weighted by atomic mass is 79.9. The number of benzene rings is 2. The molecule has 0 aromatic heterocycles. The van der Waals surface area contributed by atoms with Gasteiger partial charge in [-0.3, -0.25) is 0 Å². The Morgan fingerprint density at radius 1 is 1.20 bits per heavy atom. The summed E-state index contributed by atoms with van der Waals surface area (Å²) in [6.45, 7) is 5.85. The van der Waals surface area contributed by atoms with Gasteiger partial charge in [0.1, 0.15) is 5.75 Å². The molecule has 1 N–H and O–H groups in total. The fourth-order valence-corrected chi connectivity index (χ4v) is 3.31. The van der Waals surface area contributed by atoms with Crippen LogP contribution in [-0.4, -0.2) is 6.61 Å². The van der Waals surface area contributed by atoms with Gasteiger partial charge >= 0.3 is 0 Å². The second kappa shape index (κ2) is 5.49. The molecule has 1 heterocycles. The topological polar surface area (TPSA) is 21.3 Å². The number of nitrogens with one attached hydrogen (secondary N) is 1. The van der Waals surface area contributed by atoms with Crippen molar-refractivity contribution in [3.63, 3.8) is 0 Å². The first-order valence-electron chi connectivity index (χ1n) is 6.89. The van der Waals surface area contributed by atoms with Crippen molar-refractivity contribution in [2.45, 2.75) is 26.8 Å². The maximum Gasteiger partial charge on any atom is 0.127 e. The minimum atomic E-state index is 0.785. The molecule has 0 spiro atoms. The molecule has 3 heteroatoms. The monoisotopic (exact) mass is 331 g/mol. The smallest absolute Gasteiger partial charge is 0.127 e. The van der Waals surface area contributed by atoms with E-state index in [-0.39, 0.29) is 0 Å². The molecule has 2 aromatic carbocycles. The van der Waals surface area contributed by atoms with E-state index in [1.54, 1.807) is 0 Å². The molecule has 0 aliphatic carbocycles. The molecular weight excluding hydrogens is 314 g/mol. The summed E-state index contributed by atoms with van der Waals surface area (Å²) in [5.41, 5.74) is 6.29. The van der Waals surface area contributed by atoms with E-state index in [0.717, 1.165) is 29.8 Å². The summed E-state index contributed by atoms with van der Waals surface area (Å²) >= 11 is 3.59. The molecule has 0 bridgehead atoms. The van der Waals surface area contributed by atoms with Crippen molar-refractivity contribution in [2.75, 3.05) is 11.9 Å². The van der Waals surface area contributed by atoms with Crippen LogP contribution in [0.4, 0.5) is 5.69 Å². The van der Waals surface area contributed by atoms with Crippen molar-refractivity contribution in [1.29, 1.82) is 0 Å².